The third kappa shape index (κ3) is 4.61. The average molecular weight is 297 g/mol. The SMILES string of the molecule is O=C(O)CC1(CNC(=O)NC2CNC(=O)C2)CCCCC1. The standard InChI is InChI=1S/C14H23N3O4/c18-11-6-10(8-15-11)17-13(21)16-9-14(7-12(19)20)4-2-1-3-5-14/h10H,1-9H2,(H,15,18)(H,19,20)(H2,16,17,21). The predicted molar refractivity (Wildman–Crippen MR) is 75.7 cm³/mol. The van der Waals surface area contributed by atoms with E-state index in [2.05, 4.69) is 16.0 Å². The molecule has 0 aromatic carbocycles. The second-order valence-corrected chi connectivity index (χ2v) is 6.16. The third-order valence-electron chi connectivity index (χ3n) is 4.38. The Balaban J connectivity index is 1.81. The van der Waals surface area contributed by atoms with Crippen LogP contribution in [0.1, 0.15) is 44.9 Å². The number of nitrogens with one attached hydrogen (secondary N) is 3. The van der Waals surface area contributed by atoms with Gasteiger partial charge in [-0.2, -0.15) is 0 Å². The Morgan fingerprint density at radius 2 is 2.00 bits per heavy atom. The lowest BCUT2D eigenvalue weighted by Crippen LogP contribution is -2.47. The van der Waals surface area contributed by atoms with Crippen molar-refractivity contribution in [1.82, 2.24) is 16.0 Å². The van der Waals surface area contributed by atoms with E-state index in [1.807, 2.05) is 0 Å². The lowest BCUT2D eigenvalue weighted by molar-refractivity contribution is -0.140. The maximum atomic E-state index is 11.9. The molecule has 0 radical (unpaired) electrons. The lowest BCUT2D eigenvalue weighted by atomic mass is 9.72. The zero-order valence-corrected chi connectivity index (χ0v) is 12.1. The molecule has 21 heavy (non-hydrogen) atoms. The van der Waals surface area contributed by atoms with E-state index in [9.17, 15) is 14.4 Å². The number of aliphatic carboxylic acids is 1. The van der Waals surface area contributed by atoms with Crippen molar-refractivity contribution in [1.29, 1.82) is 0 Å². The topological polar surface area (TPSA) is 108 Å². The van der Waals surface area contributed by atoms with Gasteiger partial charge in [-0.3, -0.25) is 9.59 Å². The van der Waals surface area contributed by atoms with Gasteiger partial charge in [0, 0.05) is 19.5 Å². The van der Waals surface area contributed by atoms with E-state index in [0.29, 0.717) is 19.5 Å². The van der Waals surface area contributed by atoms with E-state index < -0.39 is 5.97 Å². The van der Waals surface area contributed by atoms with Crippen LogP contribution in [0.5, 0.6) is 0 Å². The van der Waals surface area contributed by atoms with Crippen LogP contribution in [0, 0.1) is 5.41 Å². The molecule has 1 saturated heterocycles. The second-order valence-electron chi connectivity index (χ2n) is 6.16. The minimum Gasteiger partial charge on any atom is -0.481 e. The highest BCUT2D eigenvalue weighted by atomic mass is 16.4. The van der Waals surface area contributed by atoms with Gasteiger partial charge in [-0.15, -0.1) is 0 Å². The Labute approximate surface area is 123 Å². The summed E-state index contributed by atoms with van der Waals surface area (Å²) < 4.78 is 0. The summed E-state index contributed by atoms with van der Waals surface area (Å²) in [5.74, 6) is -0.875. The molecule has 2 fully saturated rings. The van der Waals surface area contributed by atoms with Gasteiger partial charge >= 0.3 is 12.0 Å². The number of carboxylic acids is 1. The predicted octanol–water partition coefficient (Wildman–Crippen LogP) is 0.599. The zero-order valence-electron chi connectivity index (χ0n) is 12.1. The van der Waals surface area contributed by atoms with Crippen molar-refractivity contribution >= 4 is 17.9 Å². The van der Waals surface area contributed by atoms with Gasteiger partial charge in [0.1, 0.15) is 0 Å². The normalized spacial score (nSPS) is 24.2. The van der Waals surface area contributed by atoms with Crippen LogP contribution in [0.2, 0.25) is 0 Å². The number of carbonyl (C=O) groups is 3. The highest BCUT2D eigenvalue weighted by Gasteiger charge is 2.35. The second kappa shape index (κ2) is 6.78. The van der Waals surface area contributed by atoms with E-state index in [1.54, 1.807) is 0 Å². The summed E-state index contributed by atoms with van der Waals surface area (Å²) in [6, 6.07) is -0.508. The highest BCUT2D eigenvalue weighted by Crippen LogP contribution is 2.38. The zero-order chi connectivity index (χ0) is 15.3. The Morgan fingerprint density at radius 3 is 2.57 bits per heavy atom. The number of hydrogen-bond donors (Lipinski definition) is 4. The quantitative estimate of drug-likeness (QED) is 0.596. The summed E-state index contributed by atoms with van der Waals surface area (Å²) in [5.41, 5.74) is -0.328. The molecule has 1 aliphatic carbocycles. The Morgan fingerprint density at radius 1 is 1.29 bits per heavy atom. The van der Waals surface area contributed by atoms with Gasteiger partial charge < -0.3 is 21.1 Å². The van der Waals surface area contributed by atoms with Crippen molar-refractivity contribution in [3.8, 4) is 0 Å². The molecule has 0 aromatic rings. The first-order valence-corrected chi connectivity index (χ1v) is 7.52. The smallest absolute Gasteiger partial charge is 0.315 e. The summed E-state index contributed by atoms with van der Waals surface area (Å²) in [5, 5.41) is 17.3. The monoisotopic (exact) mass is 297 g/mol. The summed E-state index contributed by atoms with van der Waals surface area (Å²) in [7, 11) is 0. The third-order valence-corrected chi connectivity index (χ3v) is 4.38. The molecule has 4 N–H and O–H groups in total. The fraction of sp³-hybridized carbons (Fsp3) is 0.786. The van der Waals surface area contributed by atoms with E-state index in [1.165, 1.54) is 0 Å². The molecule has 0 aromatic heterocycles. The molecule has 1 saturated carbocycles. The summed E-state index contributed by atoms with van der Waals surface area (Å²) in [6.07, 6.45) is 5.22. The summed E-state index contributed by atoms with van der Waals surface area (Å²) in [6.45, 7) is 0.825. The molecule has 0 bridgehead atoms. The van der Waals surface area contributed by atoms with Crippen LogP contribution in [0.3, 0.4) is 0 Å². The van der Waals surface area contributed by atoms with Gasteiger partial charge in [0.25, 0.3) is 0 Å². The van der Waals surface area contributed by atoms with Crippen LogP contribution in [0.25, 0.3) is 0 Å². The number of carboxylic acid groups (broad SMARTS) is 1. The molecule has 1 heterocycles. The molecule has 7 heteroatoms. The largest absolute Gasteiger partial charge is 0.481 e. The minimum absolute atomic E-state index is 0.0603. The van der Waals surface area contributed by atoms with Crippen LogP contribution < -0.4 is 16.0 Å². The number of amides is 3. The Hall–Kier alpha value is -1.79. The van der Waals surface area contributed by atoms with E-state index in [-0.39, 0.29) is 29.8 Å². The van der Waals surface area contributed by atoms with Gasteiger partial charge in [-0.1, -0.05) is 19.3 Å². The maximum Gasteiger partial charge on any atom is 0.315 e. The van der Waals surface area contributed by atoms with Crippen LogP contribution in [-0.2, 0) is 9.59 Å². The number of urea groups is 1. The van der Waals surface area contributed by atoms with E-state index >= 15 is 0 Å². The van der Waals surface area contributed by atoms with Crippen LogP contribution in [0.4, 0.5) is 4.79 Å². The summed E-state index contributed by atoms with van der Waals surface area (Å²) in [4.78, 5) is 34.0. The molecular formula is C14H23N3O4. The van der Waals surface area contributed by atoms with Crippen LogP contribution in [-0.4, -0.2) is 42.1 Å². The van der Waals surface area contributed by atoms with Crippen molar-refractivity contribution in [2.24, 2.45) is 5.41 Å². The van der Waals surface area contributed by atoms with Gasteiger partial charge in [-0.05, 0) is 18.3 Å². The molecule has 7 nitrogen and oxygen atoms in total. The van der Waals surface area contributed by atoms with Crippen molar-refractivity contribution in [3.05, 3.63) is 0 Å². The number of hydrogen-bond acceptors (Lipinski definition) is 3. The first-order chi connectivity index (χ1) is 9.99. The first-order valence-electron chi connectivity index (χ1n) is 7.52. The molecule has 1 aliphatic heterocycles. The maximum absolute atomic E-state index is 11.9. The number of rotatable bonds is 5. The highest BCUT2D eigenvalue weighted by molar-refractivity contribution is 5.81. The van der Waals surface area contributed by atoms with Crippen molar-refractivity contribution in [2.75, 3.05) is 13.1 Å². The van der Waals surface area contributed by atoms with Gasteiger partial charge in [0.15, 0.2) is 0 Å². The summed E-state index contributed by atoms with van der Waals surface area (Å²) >= 11 is 0. The van der Waals surface area contributed by atoms with Crippen molar-refractivity contribution in [2.45, 2.75) is 51.0 Å². The fourth-order valence-corrected chi connectivity index (χ4v) is 3.25. The lowest BCUT2D eigenvalue weighted by Gasteiger charge is -2.36. The molecule has 2 aliphatic rings. The molecule has 0 spiro atoms. The van der Waals surface area contributed by atoms with Gasteiger partial charge in [0.05, 0.1) is 12.5 Å². The number of carbonyl (C=O) groups excluding carboxylic acids is 2. The Kier molecular flexibility index (Phi) is 5.03. The fourth-order valence-electron chi connectivity index (χ4n) is 3.25. The molecule has 1 unspecified atom stereocenters. The first kappa shape index (κ1) is 15.6. The minimum atomic E-state index is -0.815. The van der Waals surface area contributed by atoms with Crippen molar-refractivity contribution in [3.63, 3.8) is 0 Å². The van der Waals surface area contributed by atoms with Crippen LogP contribution in [0.15, 0.2) is 0 Å². The molecule has 3 amide bonds. The Bertz CT molecular complexity index is 418. The molecular weight excluding hydrogens is 274 g/mol. The van der Waals surface area contributed by atoms with Crippen LogP contribution >= 0.6 is 0 Å². The molecule has 2 rings (SSSR count). The van der Waals surface area contributed by atoms with Gasteiger partial charge in [-0.25, -0.2) is 4.79 Å². The molecule has 1 atom stereocenters. The average Bonchev–Trinajstić information content (AvgIpc) is 2.82. The van der Waals surface area contributed by atoms with E-state index in [0.717, 1.165) is 32.1 Å². The van der Waals surface area contributed by atoms with E-state index in [4.69, 9.17) is 5.11 Å². The van der Waals surface area contributed by atoms with Gasteiger partial charge in [0.2, 0.25) is 5.91 Å². The molecule has 118 valence electrons. The van der Waals surface area contributed by atoms with Crippen molar-refractivity contribution < 1.29 is 19.5 Å².